The van der Waals surface area contributed by atoms with Gasteiger partial charge in [0.15, 0.2) is 12.2 Å². The van der Waals surface area contributed by atoms with Gasteiger partial charge in [0, 0.05) is 13.1 Å². The van der Waals surface area contributed by atoms with Gasteiger partial charge < -0.3 is 26.0 Å². The van der Waals surface area contributed by atoms with Gasteiger partial charge in [-0.05, 0) is 30.0 Å². The van der Waals surface area contributed by atoms with Crippen LogP contribution in [0.3, 0.4) is 0 Å². The molecule has 27 heavy (non-hydrogen) atoms. The van der Waals surface area contributed by atoms with Crippen LogP contribution in [0.15, 0.2) is 48.6 Å². The molecule has 0 heterocycles. The number of allylic oxidation sites excluding steroid dienone is 3. The number of carboxylic acid groups (broad SMARTS) is 1. The summed E-state index contributed by atoms with van der Waals surface area (Å²) in [6.45, 7) is 0.310. The van der Waals surface area contributed by atoms with E-state index < -0.39 is 30.0 Å². The fraction of sp³-hybridized carbons (Fsp3) is 0.316. The smallest absolute Gasteiger partial charge is 0.335 e. The summed E-state index contributed by atoms with van der Waals surface area (Å²) < 4.78 is 0. The molecule has 2 rings (SSSR count). The Bertz CT molecular complexity index is 741. The lowest BCUT2D eigenvalue weighted by Gasteiger charge is -2.19. The average molecular weight is 374 g/mol. The highest BCUT2D eigenvalue weighted by Crippen LogP contribution is 2.10. The Labute approximate surface area is 156 Å². The van der Waals surface area contributed by atoms with Gasteiger partial charge in [0.25, 0.3) is 11.8 Å². The predicted octanol–water partition coefficient (Wildman–Crippen LogP) is -0.0287. The van der Waals surface area contributed by atoms with E-state index in [1.807, 2.05) is 24.3 Å². The van der Waals surface area contributed by atoms with Gasteiger partial charge in [0.2, 0.25) is 0 Å². The molecule has 2 amide bonds. The van der Waals surface area contributed by atoms with Crippen molar-refractivity contribution in [1.29, 1.82) is 0 Å². The molecule has 3 atom stereocenters. The number of rotatable bonds is 8. The number of carboxylic acids is 1. The number of nitrogens with one attached hydrogen (secondary N) is 2. The summed E-state index contributed by atoms with van der Waals surface area (Å²) in [6.07, 6.45) is 4.60. The molecule has 0 fully saturated rings. The molecule has 144 valence electrons. The second-order valence-electron chi connectivity index (χ2n) is 6.16. The molecule has 8 nitrogen and oxygen atoms in total. The SMILES string of the molecule is O=C(O)c1ccc(CNC(=O)[C@H](O)[C@@H](O)C(=O)NCC2C=CC=CC2)cc1. The molecule has 0 saturated heterocycles. The minimum atomic E-state index is -1.91. The molecule has 1 aromatic rings. The van der Waals surface area contributed by atoms with Crippen molar-refractivity contribution in [2.45, 2.75) is 25.2 Å². The standard InChI is InChI=1S/C19H22N2O6/c22-15(17(24)20-10-12-4-2-1-3-5-12)16(23)18(25)21-11-13-6-8-14(9-7-13)19(26)27/h1-4,6-9,12,15-16,22-23H,5,10-11H2,(H,20,24)(H,21,25)(H,26,27)/t12?,15-,16-/m1/s1. The van der Waals surface area contributed by atoms with Crippen LogP contribution in [0.1, 0.15) is 22.3 Å². The van der Waals surface area contributed by atoms with Gasteiger partial charge in [-0.1, -0.05) is 36.4 Å². The van der Waals surface area contributed by atoms with Gasteiger partial charge in [-0.15, -0.1) is 0 Å². The largest absolute Gasteiger partial charge is 0.478 e. The third kappa shape index (κ3) is 6.05. The maximum atomic E-state index is 11.9. The molecule has 0 aliphatic heterocycles. The van der Waals surface area contributed by atoms with Crippen LogP contribution in [0.25, 0.3) is 0 Å². The molecule has 0 aromatic heterocycles. The average Bonchev–Trinajstić information content (AvgIpc) is 2.70. The molecule has 1 aliphatic rings. The minimum Gasteiger partial charge on any atom is -0.478 e. The van der Waals surface area contributed by atoms with Gasteiger partial charge in [-0.2, -0.15) is 0 Å². The summed E-state index contributed by atoms with van der Waals surface area (Å²) in [5, 5.41) is 33.5. The summed E-state index contributed by atoms with van der Waals surface area (Å²) in [7, 11) is 0. The Morgan fingerprint density at radius 2 is 1.63 bits per heavy atom. The number of aliphatic hydroxyl groups excluding tert-OH is 2. The molecule has 1 aliphatic carbocycles. The number of hydrogen-bond acceptors (Lipinski definition) is 5. The maximum absolute atomic E-state index is 11.9. The minimum absolute atomic E-state index is 0.0172. The molecular weight excluding hydrogens is 352 g/mol. The normalized spacial score (nSPS) is 17.8. The number of carbonyl (C=O) groups is 3. The molecule has 0 radical (unpaired) electrons. The van der Waals surface area contributed by atoms with Crippen molar-refractivity contribution in [3.05, 3.63) is 59.7 Å². The summed E-state index contributed by atoms with van der Waals surface area (Å²) >= 11 is 0. The number of carbonyl (C=O) groups excluding carboxylic acids is 2. The lowest BCUT2D eigenvalue weighted by molar-refractivity contribution is -0.146. The van der Waals surface area contributed by atoms with Crippen molar-refractivity contribution in [1.82, 2.24) is 10.6 Å². The Morgan fingerprint density at radius 1 is 1.00 bits per heavy atom. The van der Waals surface area contributed by atoms with E-state index in [0.29, 0.717) is 12.1 Å². The first-order valence-corrected chi connectivity index (χ1v) is 8.45. The van der Waals surface area contributed by atoms with Gasteiger partial charge in [0.05, 0.1) is 5.56 Å². The number of aliphatic hydroxyl groups is 2. The van der Waals surface area contributed by atoms with Crippen molar-refractivity contribution in [3.8, 4) is 0 Å². The van der Waals surface area contributed by atoms with Gasteiger partial charge in [0.1, 0.15) is 0 Å². The highest BCUT2D eigenvalue weighted by molar-refractivity contribution is 5.90. The fourth-order valence-electron chi connectivity index (χ4n) is 2.47. The molecular formula is C19H22N2O6. The number of amides is 2. The van der Waals surface area contributed by atoms with Crippen LogP contribution in [-0.4, -0.2) is 51.9 Å². The third-order valence-corrected chi connectivity index (χ3v) is 4.11. The third-order valence-electron chi connectivity index (χ3n) is 4.11. The zero-order chi connectivity index (χ0) is 19.8. The van der Waals surface area contributed by atoms with Gasteiger partial charge in [-0.25, -0.2) is 4.79 Å². The van der Waals surface area contributed by atoms with Crippen LogP contribution in [0, 0.1) is 5.92 Å². The fourth-order valence-corrected chi connectivity index (χ4v) is 2.47. The van der Waals surface area contributed by atoms with E-state index in [4.69, 9.17) is 5.11 Å². The molecule has 8 heteroatoms. The van der Waals surface area contributed by atoms with Crippen LogP contribution < -0.4 is 10.6 Å². The molecule has 1 aromatic carbocycles. The summed E-state index contributed by atoms with van der Waals surface area (Å²) in [6, 6.07) is 5.81. The predicted molar refractivity (Wildman–Crippen MR) is 96.7 cm³/mol. The lowest BCUT2D eigenvalue weighted by Crippen LogP contribution is -2.50. The number of benzene rings is 1. The van der Waals surface area contributed by atoms with E-state index >= 15 is 0 Å². The molecule has 1 unspecified atom stereocenters. The van der Waals surface area contributed by atoms with E-state index in [9.17, 15) is 24.6 Å². The Hall–Kier alpha value is -2.97. The molecule has 0 bridgehead atoms. The first-order valence-electron chi connectivity index (χ1n) is 8.45. The van der Waals surface area contributed by atoms with Crippen LogP contribution in [0.4, 0.5) is 0 Å². The van der Waals surface area contributed by atoms with Crippen LogP contribution >= 0.6 is 0 Å². The zero-order valence-electron chi connectivity index (χ0n) is 14.5. The van der Waals surface area contributed by atoms with Crippen LogP contribution in [0.5, 0.6) is 0 Å². The van der Waals surface area contributed by atoms with Gasteiger partial charge in [-0.3, -0.25) is 9.59 Å². The number of aromatic carboxylic acids is 1. The zero-order valence-corrected chi connectivity index (χ0v) is 14.5. The molecule has 0 saturated carbocycles. The molecule has 0 spiro atoms. The second kappa shape index (κ2) is 9.65. The van der Waals surface area contributed by atoms with Crippen LogP contribution in [0.2, 0.25) is 0 Å². The molecule has 5 N–H and O–H groups in total. The quantitative estimate of drug-likeness (QED) is 0.434. The van der Waals surface area contributed by atoms with E-state index in [0.717, 1.165) is 6.42 Å². The number of hydrogen-bond donors (Lipinski definition) is 5. The summed E-state index contributed by atoms with van der Waals surface area (Å²) in [4.78, 5) is 34.6. The van der Waals surface area contributed by atoms with E-state index in [1.54, 1.807) is 0 Å². The van der Waals surface area contributed by atoms with Crippen molar-refractivity contribution in [2.75, 3.05) is 6.54 Å². The Kier molecular flexibility index (Phi) is 7.27. The lowest BCUT2D eigenvalue weighted by atomic mass is 10.0. The van der Waals surface area contributed by atoms with Gasteiger partial charge >= 0.3 is 5.97 Å². The monoisotopic (exact) mass is 374 g/mol. The second-order valence-corrected chi connectivity index (χ2v) is 6.16. The summed E-state index contributed by atoms with van der Waals surface area (Å²) in [5.41, 5.74) is 0.720. The first-order chi connectivity index (χ1) is 12.9. The Morgan fingerprint density at radius 3 is 2.19 bits per heavy atom. The van der Waals surface area contributed by atoms with E-state index in [2.05, 4.69) is 10.6 Å². The van der Waals surface area contributed by atoms with Crippen molar-refractivity contribution in [3.63, 3.8) is 0 Å². The van der Waals surface area contributed by atoms with Crippen LogP contribution in [-0.2, 0) is 16.1 Å². The summed E-state index contributed by atoms with van der Waals surface area (Å²) in [5.74, 6) is -2.69. The topological polar surface area (TPSA) is 136 Å². The van der Waals surface area contributed by atoms with E-state index in [-0.39, 0.29) is 18.0 Å². The highest BCUT2D eigenvalue weighted by Gasteiger charge is 2.30. The highest BCUT2D eigenvalue weighted by atomic mass is 16.4. The van der Waals surface area contributed by atoms with Crippen molar-refractivity contribution >= 4 is 17.8 Å². The maximum Gasteiger partial charge on any atom is 0.335 e. The van der Waals surface area contributed by atoms with Crippen molar-refractivity contribution in [2.24, 2.45) is 5.92 Å². The first kappa shape index (κ1) is 20.3. The Balaban J connectivity index is 1.78. The van der Waals surface area contributed by atoms with E-state index in [1.165, 1.54) is 24.3 Å². The van der Waals surface area contributed by atoms with Crippen molar-refractivity contribution < 1.29 is 29.7 Å².